The maximum Gasteiger partial charge on any atom is 0.289 e. The number of hydrogen-bond acceptors (Lipinski definition) is 4. The number of hydrogen-bond donors (Lipinski definition) is 2. The number of nitrogens with two attached hydrogens (primary N) is 1. The molecule has 30 heavy (non-hydrogen) atoms. The number of halogens is 1. The molecule has 0 saturated carbocycles. The van der Waals surface area contributed by atoms with Crippen LogP contribution in [0, 0.1) is 0 Å². The second-order valence-corrected chi connectivity index (χ2v) is 7.55. The maximum atomic E-state index is 12.8. The molecule has 0 aliphatic carbocycles. The number of fused-ring (bicyclic) bond motifs is 1. The quantitative estimate of drug-likeness (QED) is 0.402. The van der Waals surface area contributed by atoms with Crippen molar-refractivity contribution >= 4 is 28.8 Å². The molecule has 0 fully saturated rings. The van der Waals surface area contributed by atoms with E-state index in [1.165, 1.54) is 0 Å². The predicted octanol–water partition coefficient (Wildman–Crippen LogP) is 3.56. The highest BCUT2D eigenvalue weighted by atomic mass is 35.5. The minimum absolute atomic E-state index is 0.0800. The van der Waals surface area contributed by atoms with E-state index >= 15 is 0 Å². The summed E-state index contributed by atoms with van der Waals surface area (Å²) in [6, 6.07) is 11.0. The lowest BCUT2D eigenvalue weighted by atomic mass is 9.99. The summed E-state index contributed by atoms with van der Waals surface area (Å²) >= 11 is 6.14. The van der Waals surface area contributed by atoms with Crippen LogP contribution in [0.1, 0.15) is 47.4 Å². The number of Topliss-reactive ketones (excluding diaryl/α,β-unsaturated/α-hetero) is 1. The third-order valence-corrected chi connectivity index (χ3v) is 5.34. The Bertz CT molecular complexity index is 1090. The first-order valence-corrected chi connectivity index (χ1v) is 10.3. The van der Waals surface area contributed by atoms with E-state index in [-0.39, 0.29) is 12.2 Å². The van der Waals surface area contributed by atoms with Gasteiger partial charge in [-0.2, -0.15) is 0 Å². The number of nitrogens with zero attached hydrogens (tertiary/aromatic N) is 1. The molecule has 3 N–H and O–H groups in total. The number of rotatable bonds is 9. The summed E-state index contributed by atoms with van der Waals surface area (Å²) in [5.41, 5.74) is 8.68. The highest BCUT2D eigenvalue weighted by Crippen LogP contribution is 2.33. The summed E-state index contributed by atoms with van der Waals surface area (Å²) in [5.74, 6) is -1.36. The molecule has 1 unspecified atom stereocenters. The zero-order valence-corrected chi connectivity index (χ0v) is 17.8. The van der Waals surface area contributed by atoms with Gasteiger partial charge in [-0.25, -0.2) is 0 Å². The molecular weight excluding hydrogens is 404 g/mol. The molecule has 0 aliphatic heterocycles. The highest BCUT2D eigenvalue weighted by molar-refractivity contribution is 6.44. The van der Waals surface area contributed by atoms with Gasteiger partial charge >= 0.3 is 0 Å². The molecule has 0 bridgehead atoms. The van der Waals surface area contributed by atoms with Crippen molar-refractivity contribution in [3.05, 3.63) is 70.0 Å². The van der Waals surface area contributed by atoms with Crippen LogP contribution < -0.4 is 10.5 Å². The Balaban J connectivity index is 2.23. The molecule has 6 nitrogen and oxygen atoms in total. The topological polar surface area (TPSA) is 94.0 Å². The van der Waals surface area contributed by atoms with E-state index in [0.717, 1.165) is 16.8 Å². The Morgan fingerprint density at radius 3 is 2.63 bits per heavy atom. The number of primary amides is 1. The van der Waals surface area contributed by atoms with Crippen LogP contribution in [0.25, 0.3) is 5.52 Å². The van der Waals surface area contributed by atoms with Crippen LogP contribution in [0.2, 0.25) is 5.02 Å². The third-order valence-electron chi connectivity index (χ3n) is 5.10. The fourth-order valence-electron chi connectivity index (χ4n) is 3.59. The average Bonchev–Trinajstić information content (AvgIpc) is 3.05. The largest absolute Gasteiger partial charge is 0.489 e. The Labute approximate surface area is 180 Å². The first-order valence-electron chi connectivity index (χ1n) is 9.91. The minimum atomic E-state index is -1.02. The number of carbonyl (C=O) groups excluding carboxylic acids is 2. The van der Waals surface area contributed by atoms with Crippen molar-refractivity contribution in [2.45, 2.75) is 39.2 Å². The number of ketones is 1. The number of ether oxygens (including phenoxy) is 1. The number of aliphatic hydroxyl groups excluding tert-OH is 1. The van der Waals surface area contributed by atoms with Crippen molar-refractivity contribution in [3.63, 3.8) is 0 Å². The van der Waals surface area contributed by atoms with Crippen molar-refractivity contribution in [1.29, 1.82) is 0 Å². The van der Waals surface area contributed by atoms with Gasteiger partial charge in [-0.05, 0) is 48.2 Å². The summed E-state index contributed by atoms with van der Waals surface area (Å²) in [5, 5.41) is 10.5. The van der Waals surface area contributed by atoms with E-state index < -0.39 is 17.8 Å². The molecule has 0 aliphatic rings. The fraction of sp³-hybridized carbons (Fsp3) is 0.304. The summed E-state index contributed by atoms with van der Waals surface area (Å²) in [6.07, 6.45) is 2.78. The molecule has 0 spiro atoms. The number of benzene rings is 1. The number of amides is 1. The normalized spacial score (nSPS) is 12.1. The van der Waals surface area contributed by atoms with E-state index in [1.54, 1.807) is 18.2 Å². The van der Waals surface area contributed by atoms with Gasteiger partial charge in [0.2, 0.25) is 0 Å². The van der Waals surface area contributed by atoms with Gasteiger partial charge in [0.05, 0.1) is 17.2 Å². The molecule has 0 saturated heterocycles. The van der Waals surface area contributed by atoms with Gasteiger partial charge in [-0.3, -0.25) is 9.59 Å². The third kappa shape index (κ3) is 4.35. The maximum absolute atomic E-state index is 12.8. The van der Waals surface area contributed by atoms with Crippen LogP contribution in [0.5, 0.6) is 5.75 Å². The van der Waals surface area contributed by atoms with E-state index in [2.05, 4.69) is 0 Å². The van der Waals surface area contributed by atoms with Crippen LogP contribution in [0.15, 0.2) is 42.6 Å². The fourth-order valence-corrected chi connectivity index (χ4v) is 3.80. The molecular formula is C23H25ClN2O4. The van der Waals surface area contributed by atoms with Gasteiger partial charge in [0.1, 0.15) is 12.4 Å². The zero-order chi connectivity index (χ0) is 21.8. The Morgan fingerprint density at radius 2 is 2.00 bits per heavy atom. The van der Waals surface area contributed by atoms with E-state index in [1.807, 2.05) is 42.6 Å². The lowest BCUT2D eigenvalue weighted by Crippen LogP contribution is -2.24. The Kier molecular flexibility index (Phi) is 6.80. The summed E-state index contributed by atoms with van der Waals surface area (Å²) in [6.45, 7) is 3.86. The lowest BCUT2D eigenvalue weighted by molar-refractivity contribution is -0.114. The summed E-state index contributed by atoms with van der Waals surface area (Å²) < 4.78 is 7.69. The Morgan fingerprint density at radius 1 is 1.23 bits per heavy atom. The van der Waals surface area contributed by atoms with Crippen molar-refractivity contribution in [2.24, 2.45) is 5.73 Å². The van der Waals surface area contributed by atoms with Crippen molar-refractivity contribution < 1.29 is 19.4 Å². The number of aromatic nitrogens is 1. The monoisotopic (exact) mass is 428 g/mol. The standard InChI is InChI=1S/C23H25ClN2O4/c1-3-16(27)13-30-19-9-6-10-26-18(12-14-7-5-8-15(24)11-14)17(4-2)20(21(19)26)22(28)23(25)29/h5-11,16,27H,3-4,12-13H2,1-2H3,(H2,25,29). The number of aliphatic hydroxyl groups is 1. The Hall–Kier alpha value is -2.83. The van der Waals surface area contributed by atoms with Crippen molar-refractivity contribution in [3.8, 4) is 5.75 Å². The molecule has 3 rings (SSSR count). The van der Waals surface area contributed by atoms with E-state index in [0.29, 0.717) is 35.6 Å². The summed E-state index contributed by atoms with van der Waals surface area (Å²) in [4.78, 5) is 24.6. The van der Waals surface area contributed by atoms with Crippen LogP contribution in [-0.2, 0) is 17.6 Å². The van der Waals surface area contributed by atoms with Gasteiger partial charge in [0, 0.05) is 23.3 Å². The zero-order valence-electron chi connectivity index (χ0n) is 17.0. The molecule has 0 radical (unpaired) electrons. The molecule has 158 valence electrons. The highest BCUT2D eigenvalue weighted by Gasteiger charge is 2.27. The van der Waals surface area contributed by atoms with Gasteiger partial charge in [0.25, 0.3) is 11.7 Å². The molecule has 1 amide bonds. The van der Waals surface area contributed by atoms with Crippen molar-refractivity contribution in [2.75, 3.05) is 6.61 Å². The van der Waals surface area contributed by atoms with E-state index in [4.69, 9.17) is 22.1 Å². The van der Waals surface area contributed by atoms with Crippen LogP contribution in [0.3, 0.4) is 0 Å². The first kappa shape index (κ1) is 21.9. The van der Waals surface area contributed by atoms with Gasteiger partial charge < -0.3 is 20.0 Å². The van der Waals surface area contributed by atoms with Gasteiger partial charge in [-0.15, -0.1) is 0 Å². The lowest BCUT2D eigenvalue weighted by Gasteiger charge is -2.13. The SMILES string of the molecule is CCc1c(C(=O)C(N)=O)c2c(OCC(O)CC)cccn2c1Cc1cccc(Cl)c1. The van der Waals surface area contributed by atoms with Crippen molar-refractivity contribution in [1.82, 2.24) is 4.40 Å². The van der Waals surface area contributed by atoms with Crippen LogP contribution >= 0.6 is 11.6 Å². The van der Waals surface area contributed by atoms with Crippen LogP contribution in [-0.4, -0.2) is 33.9 Å². The van der Waals surface area contributed by atoms with Crippen LogP contribution in [0.4, 0.5) is 0 Å². The number of pyridine rings is 1. The molecule has 7 heteroatoms. The summed E-state index contributed by atoms with van der Waals surface area (Å²) in [7, 11) is 0. The average molecular weight is 429 g/mol. The molecule has 1 atom stereocenters. The predicted molar refractivity (Wildman–Crippen MR) is 116 cm³/mol. The molecule has 3 aromatic rings. The smallest absolute Gasteiger partial charge is 0.289 e. The minimum Gasteiger partial charge on any atom is -0.489 e. The van der Waals surface area contributed by atoms with Gasteiger partial charge in [0.15, 0.2) is 0 Å². The first-order chi connectivity index (χ1) is 14.4. The van der Waals surface area contributed by atoms with Gasteiger partial charge in [-0.1, -0.05) is 37.6 Å². The molecule has 1 aromatic carbocycles. The van der Waals surface area contributed by atoms with E-state index in [9.17, 15) is 14.7 Å². The molecule has 2 heterocycles. The number of carbonyl (C=O) groups is 2. The second-order valence-electron chi connectivity index (χ2n) is 7.12. The second kappa shape index (κ2) is 9.32. The molecule has 2 aromatic heterocycles.